The van der Waals surface area contributed by atoms with Crippen molar-refractivity contribution in [1.29, 1.82) is 5.26 Å². The van der Waals surface area contributed by atoms with Gasteiger partial charge in [0.25, 0.3) is 10.0 Å². The number of hydrogen-bond acceptors (Lipinski definition) is 4. The van der Waals surface area contributed by atoms with Gasteiger partial charge in [0, 0.05) is 0 Å². The molecule has 30 heavy (non-hydrogen) atoms. The summed E-state index contributed by atoms with van der Waals surface area (Å²) in [6.07, 6.45) is 0. The standard InChI is InChI=1S/C22H16FN3O3S/c1-15-6-11-18(12-19(15)23)26-22(27)25(14-17-9-7-16(13-24)8-10-17)20-4-2-3-5-21(20)30(26,28)29/h2-12H,14H2,1H3. The molecule has 6 nitrogen and oxygen atoms in total. The van der Waals surface area contributed by atoms with Gasteiger partial charge in [0.05, 0.1) is 29.6 Å². The van der Waals surface area contributed by atoms with Gasteiger partial charge in [-0.3, -0.25) is 4.90 Å². The first kappa shape index (κ1) is 19.6. The smallest absolute Gasteiger partial charge is 0.287 e. The number of hydrogen-bond donors (Lipinski definition) is 0. The van der Waals surface area contributed by atoms with Gasteiger partial charge in [-0.15, -0.1) is 0 Å². The topological polar surface area (TPSA) is 81.5 Å². The highest BCUT2D eigenvalue weighted by Crippen LogP contribution is 2.38. The Balaban J connectivity index is 1.84. The van der Waals surface area contributed by atoms with E-state index in [0.29, 0.717) is 21.0 Å². The second-order valence-electron chi connectivity index (χ2n) is 6.85. The van der Waals surface area contributed by atoms with E-state index in [0.717, 1.165) is 6.07 Å². The van der Waals surface area contributed by atoms with Crippen LogP contribution in [0.15, 0.2) is 71.6 Å². The molecule has 0 atom stereocenters. The van der Waals surface area contributed by atoms with Crippen LogP contribution in [0.5, 0.6) is 0 Å². The van der Waals surface area contributed by atoms with Crippen LogP contribution in [0.1, 0.15) is 16.7 Å². The lowest BCUT2D eigenvalue weighted by Gasteiger charge is -2.36. The van der Waals surface area contributed by atoms with E-state index in [1.807, 2.05) is 6.07 Å². The Kier molecular flexibility index (Phi) is 4.76. The van der Waals surface area contributed by atoms with E-state index in [1.165, 1.54) is 23.1 Å². The van der Waals surface area contributed by atoms with Crippen LogP contribution >= 0.6 is 0 Å². The first-order valence-corrected chi connectivity index (χ1v) is 10.5. The number of rotatable bonds is 3. The molecule has 1 aliphatic rings. The first-order chi connectivity index (χ1) is 14.3. The van der Waals surface area contributed by atoms with Gasteiger partial charge < -0.3 is 0 Å². The summed E-state index contributed by atoms with van der Waals surface area (Å²) in [6.45, 7) is 1.64. The lowest BCUT2D eigenvalue weighted by molar-refractivity contribution is 0.253. The van der Waals surface area contributed by atoms with Gasteiger partial charge in [-0.05, 0) is 54.4 Å². The maximum absolute atomic E-state index is 14.2. The average Bonchev–Trinajstić information content (AvgIpc) is 2.74. The van der Waals surface area contributed by atoms with Gasteiger partial charge in [-0.2, -0.15) is 9.57 Å². The molecule has 150 valence electrons. The molecule has 3 aromatic rings. The molecule has 0 aromatic heterocycles. The van der Waals surface area contributed by atoms with Crippen LogP contribution in [0.25, 0.3) is 0 Å². The largest absolute Gasteiger partial charge is 0.343 e. The SMILES string of the molecule is Cc1ccc(N2C(=O)N(Cc3ccc(C#N)cc3)c3ccccc3S2(=O)=O)cc1F. The number of nitriles is 1. The fourth-order valence-corrected chi connectivity index (χ4v) is 4.87. The number of halogens is 1. The van der Waals surface area contributed by atoms with Gasteiger partial charge in [0.2, 0.25) is 0 Å². The normalized spacial score (nSPS) is 14.9. The Bertz CT molecular complexity index is 1300. The van der Waals surface area contributed by atoms with Crippen molar-refractivity contribution in [1.82, 2.24) is 0 Å². The molecule has 1 aliphatic heterocycles. The third-order valence-electron chi connectivity index (χ3n) is 4.89. The molecule has 8 heteroatoms. The van der Waals surface area contributed by atoms with Crippen LogP contribution in [0.3, 0.4) is 0 Å². The zero-order valence-electron chi connectivity index (χ0n) is 15.9. The van der Waals surface area contributed by atoms with Crippen LogP contribution in [0.4, 0.5) is 20.6 Å². The number of fused-ring (bicyclic) bond motifs is 1. The van der Waals surface area contributed by atoms with Crippen LogP contribution < -0.4 is 9.21 Å². The van der Waals surface area contributed by atoms with Crippen molar-refractivity contribution in [2.45, 2.75) is 18.4 Å². The molecule has 0 aliphatic carbocycles. The molecule has 0 saturated heterocycles. The van der Waals surface area contributed by atoms with E-state index >= 15 is 0 Å². The van der Waals surface area contributed by atoms with Gasteiger partial charge in [-0.1, -0.05) is 30.3 Å². The molecule has 0 fully saturated rings. The molecule has 1 heterocycles. The van der Waals surface area contributed by atoms with E-state index in [4.69, 9.17) is 5.26 Å². The third-order valence-corrected chi connectivity index (χ3v) is 6.64. The molecule has 0 bridgehead atoms. The highest BCUT2D eigenvalue weighted by molar-refractivity contribution is 7.94. The number of sulfonamides is 1. The summed E-state index contributed by atoms with van der Waals surface area (Å²) in [5, 5.41) is 8.96. The highest BCUT2D eigenvalue weighted by Gasteiger charge is 2.42. The zero-order chi connectivity index (χ0) is 21.5. The lowest BCUT2D eigenvalue weighted by Crippen LogP contribution is -2.50. The van der Waals surface area contributed by atoms with Crippen molar-refractivity contribution >= 4 is 27.4 Å². The van der Waals surface area contributed by atoms with Crippen molar-refractivity contribution in [3.05, 3.63) is 89.2 Å². The highest BCUT2D eigenvalue weighted by atomic mass is 32.2. The van der Waals surface area contributed by atoms with Crippen LogP contribution in [0, 0.1) is 24.1 Å². The Hall–Kier alpha value is -3.70. The van der Waals surface area contributed by atoms with Crippen molar-refractivity contribution in [2.75, 3.05) is 9.21 Å². The molecule has 0 saturated carbocycles. The average molecular weight is 421 g/mol. The minimum Gasteiger partial charge on any atom is -0.287 e. The van der Waals surface area contributed by atoms with Gasteiger partial charge in [0.15, 0.2) is 0 Å². The quantitative estimate of drug-likeness (QED) is 0.630. The third kappa shape index (κ3) is 3.19. The van der Waals surface area contributed by atoms with Crippen molar-refractivity contribution in [3.63, 3.8) is 0 Å². The van der Waals surface area contributed by atoms with E-state index in [2.05, 4.69) is 0 Å². The predicted octanol–water partition coefficient (Wildman–Crippen LogP) is 4.34. The second-order valence-corrected chi connectivity index (χ2v) is 8.60. The number of anilines is 2. The zero-order valence-corrected chi connectivity index (χ0v) is 16.7. The number of carbonyl (C=O) groups is 1. The van der Waals surface area contributed by atoms with Gasteiger partial charge in [0.1, 0.15) is 10.7 Å². The van der Waals surface area contributed by atoms with Crippen molar-refractivity contribution in [3.8, 4) is 6.07 Å². The van der Waals surface area contributed by atoms with Crippen molar-refractivity contribution in [2.24, 2.45) is 0 Å². The molecule has 0 N–H and O–H groups in total. The summed E-state index contributed by atoms with van der Waals surface area (Å²) in [4.78, 5) is 14.6. The lowest BCUT2D eigenvalue weighted by atomic mass is 10.1. The molecule has 4 rings (SSSR count). The fourth-order valence-electron chi connectivity index (χ4n) is 3.29. The summed E-state index contributed by atoms with van der Waals surface area (Å²) in [7, 11) is -4.22. The Morgan fingerprint density at radius 1 is 1.03 bits per heavy atom. The minimum atomic E-state index is -4.22. The summed E-state index contributed by atoms with van der Waals surface area (Å²) in [6, 6.07) is 17.9. The van der Waals surface area contributed by atoms with Crippen LogP contribution in [-0.2, 0) is 16.6 Å². The number of benzene rings is 3. The predicted molar refractivity (Wildman–Crippen MR) is 110 cm³/mol. The van der Waals surface area contributed by atoms with Crippen LogP contribution in [-0.4, -0.2) is 14.4 Å². The van der Waals surface area contributed by atoms with Crippen molar-refractivity contribution < 1.29 is 17.6 Å². The first-order valence-electron chi connectivity index (χ1n) is 9.04. The monoisotopic (exact) mass is 421 g/mol. The maximum atomic E-state index is 14.2. The summed E-state index contributed by atoms with van der Waals surface area (Å²) < 4.78 is 41.2. The second kappa shape index (κ2) is 7.28. The Morgan fingerprint density at radius 3 is 2.40 bits per heavy atom. The Labute approximate surface area is 173 Å². The number of para-hydroxylation sites is 1. The minimum absolute atomic E-state index is 0.0424. The maximum Gasteiger partial charge on any atom is 0.343 e. The molecule has 0 spiro atoms. The molecule has 2 amide bonds. The van der Waals surface area contributed by atoms with E-state index < -0.39 is 21.9 Å². The van der Waals surface area contributed by atoms with Gasteiger partial charge >= 0.3 is 6.03 Å². The molecule has 3 aromatic carbocycles. The molecule has 0 unspecified atom stereocenters. The summed E-state index contributed by atoms with van der Waals surface area (Å²) in [5.41, 5.74) is 1.71. The number of aryl methyl sites for hydroxylation is 1. The molecular formula is C22H16FN3O3S. The number of nitrogens with zero attached hydrogens (tertiary/aromatic N) is 3. The fraction of sp³-hybridized carbons (Fsp3) is 0.0909. The van der Waals surface area contributed by atoms with Crippen LogP contribution in [0.2, 0.25) is 0 Å². The van der Waals surface area contributed by atoms with Gasteiger partial charge in [-0.25, -0.2) is 17.6 Å². The van der Waals surface area contributed by atoms with E-state index in [1.54, 1.807) is 49.4 Å². The van der Waals surface area contributed by atoms with E-state index in [9.17, 15) is 17.6 Å². The summed E-state index contributed by atoms with van der Waals surface area (Å²) in [5.74, 6) is -0.604. The summed E-state index contributed by atoms with van der Waals surface area (Å²) >= 11 is 0. The Morgan fingerprint density at radius 2 is 1.73 bits per heavy atom. The number of carbonyl (C=O) groups excluding carboxylic acids is 1. The number of urea groups is 1. The molecule has 0 radical (unpaired) electrons. The molecular weight excluding hydrogens is 405 g/mol. The van der Waals surface area contributed by atoms with E-state index in [-0.39, 0.29) is 22.8 Å². The number of amides is 2.